The SMILES string of the molecule is CB(O)NCc1cccc(N=NC(Cl)C(F)(F)F)c1. The van der Waals surface area contributed by atoms with Crippen LogP contribution in [0.4, 0.5) is 18.9 Å². The van der Waals surface area contributed by atoms with Gasteiger partial charge in [-0.1, -0.05) is 23.7 Å². The highest BCUT2D eigenvalue weighted by Crippen LogP contribution is 2.27. The average molecular weight is 293 g/mol. The quantitative estimate of drug-likeness (QED) is 0.379. The second-order valence-electron chi connectivity index (χ2n) is 3.82. The van der Waals surface area contributed by atoms with Crippen molar-refractivity contribution in [1.82, 2.24) is 5.23 Å². The standard InChI is InChI=1S/C10H12BClF3N3O/c1-11(19)16-6-7-3-2-4-8(5-7)17-18-9(12)10(13,14)15/h2-5,9,16,19H,6H2,1H3. The van der Waals surface area contributed by atoms with Crippen molar-refractivity contribution in [2.75, 3.05) is 0 Å². The van der Waals surface area contributed by atoms with Gasteiger partial charge in [-0.25, -0.2) is 0 Å². The van der Waals surface area contributed by atoms with Gasteiger partial charge >= 0.3 is 13.2 Å². The number of benzene rings is 1. The fourth-order valence-corrected chi connectivity index (χ4v) is 1.22. The number of azo groups is 1. The molecule has 2 N–H and O–H groups in total. The van der Waals surface area contributed by atoms with Crippen molar-refractivity contribution in [3.63, 3.8) is 0 Å². The molecule has 104 valence electrons. The van der Waals surface area contributed by atoms with Gasteiger partial charge in [0.15, 0.2) is 0 Å². The number of halogens is 4. The summed E-state index contributed by atoms with van der Waals surface area (Å²) in [6, 6.07) is 6.44. The molecule has 0 bridgehead atoms. The second-order valence-corrected chi connectivity index (χ2v) is 4.23. The van der Waals surface area contributed by atoms with Crippen molar-refractivity contribution in [2.45, 2.75) is 25.0 Å². The zero-order valence-electron chi connectivity index (χ0n) is 10.0. The lowest BCUT2D eigenvalue weighted by molar-refractivity contribution is -0.129. The van der Waals surface area contributed by atoms with Crippen LogP contribution >= 0.6 is 11.6 Å². The Morgan fingerprint density at radius 3 is 2.74 bits per heavy atom. The molecular weight excluding hydrogens is 281 g/mol. The zero-order valence-corrected chi connectivity index (χ0v) is 10.8. The lowest BCUT2D eigenvalue weighted by Crippen LogP contribution is -2.29. The molecule has 0 heterocycles. The molecule has 0 saturated carbocycles. The summed E-state index contributed by atoms with van der Waals surface area (Å²) in [5.41, 5.74) is -1.33. The number of hydrogen-bond donors (Lipinski definition) is 2. The van der Waals surface area contributed by atoms with Crippen LogP contribution in [-0.4, -0.2) is 23.8 Å². The van der Waals surface area contributed by atoms with E-state index in [0.717, 1.165) is 5.56 Å². The van der Waals surface area contributed by atoms with Gasteiger partial charge in [-0.2, -0.15) is 23.4 Å². The average Bonchev–Trinajstić information content (AvgIpc) is 2.32. The Kier molecular flexibility index (Phi) is 5.77. The van der Waals surface area contributed by atoms with E-state index in [2.05, 4.69) is 15.5 Å². The van der Waals surface area contributed by atoms with Gasteiger partial charge in [0.1, 0.15) is 0 Å². The first-order chi connectivity index (χ1) is 8.79. The number of rotatable bonds is 5. The Hall–Kier alpha value is -1.12. The molecule has 1 aromatic rings. The van der Waals surface area contributed by atoms with Crippen LogP contribution in [0, 0.1) is 0 Å². The van der Waals surface area contributed by atoms with Gasteiger partial charge in [0.2, 0.25) is 5.50 Å². The molecule has 0 amide bonds. The predicted octanol–water partition coefficient (Wildman–Crippen LogP) is 3.10. The van der Waals surface area contributed by atoms with Crippen LogP contribution in [-0.2, 0) is 6.54 Å². The van der Waals surface area contributed by atoms with Crippen molar-refractivity contribution in [1.29, 1.82) is 0 Å². The predicted molar refractivity (Wildman–Crippen MR) is 67.3 cm³/mol. The molecular formula is C10H12BClF3N3O. The fourth-order valence-electron chi connectivity index (χ4n) is 1.18. The Morgan fingerprint density at radius 1 is 1.47 bits per heavy atom. The first kappa shape index (κ1) is 15.9. The van der Waals surface area contributed by atoms with Crippen LogP contribution in [0.25, 0.3) is 0 Å². The van der Waals surface area contributed by atoms with Gasteiger partial charge in [0, 0.05) is 6.54 Å². The van der Waals surface area contributed by atoms with E-state index < -0.39 is 18.7 Å². The van der Waals surface area contributed by atoms with Crippen molar-refractivity contribution in [3.05, 3.63) is 29.8 Å². The number of nitrogens with one attached hydrogen (secondary N) is 1. The minimum atomic E-state index is -4.61. The highest BCUT2D eigenvalue weighted by atomic mass is 35.5. The first-order valence-electron chi connectivity index (χ1n) is 5.41. The molecule has 0 saturated heterocycles. The van der Waals surface area contributed by atoms with Crippen molar-refractivity contribution < 1.29 is 18.2 Å². The third-order valence-corrected chi connectivity index (χ3v) is 2.39. The van der Waals surface area contributed by atoms with Gasteiger partial charge in [0.05, 0.1) is 5.69 Å². The molecule has 0 aliphatic rings. The molecule has 0 spiro atoms. The summed E-state index contributed by atoms with van der Waals surface area (Å²) in [6.45, 7) is 1.93. The normalized spacial score (nSPS) is 13.8. The second kappa shape index (κ2) is 6.88. The number of nitrogens with zero attached hydrogens (tertiary/aromatic N) is 2. The molecule has 19 heavy (non-hydrogen) atoms. The van der Waals surface area contributed by atoms with Crippen LogP contribution in [0.5, 0.6) is 0 Å². The third kappa shape index (κ3) is 6.04. The smallest absolute Gasteiger partial charge is 0.426 e. The topological polar surface area (TPSA) is 57.0 Å². The van der Waals surface area contributed by atoms with Crippen LogP contribution in [0.15, 0.2) is 34.5 Å². The minimum absolute atomic E-state index is 0.264. The summed E-state index contributed by atoms with van der Waals surface area (Å²) in [5, 5.41) is 18.2. The van der Waals surface area contributed by atoms with Crippen molar-refractivity contribution >= 4 is 24.3 Å². The molecule has 0 aliphatic heterocycles. The Labute approximate surface area is 113 Å². The lowest BCUT2D eigenvalue weighted by atomic mass is 9.88. The molecule has 0 aliphatic carbocycles. The summed E-state index contributed by atoms with van der Waals surface area (Å²) in [5.74, 6) is 0. The lowest BCUT2D eigenvalue weighted by Gasteiger charge is -2.07. The van der Waals surface area contributed by atoms with E-state index in [-0.39, 0.29) is 5.69 Å². The molecule has 9 heteroatoms. The Morgan fingerprint density at radius 2 is 2.16 bits per heavy atom. The monoisotopic (exact) mass is 293 g/mol. The summed E-state index contributed by atoms with van der Waals surface area (Å²) >= 11 is 5.02. The molecule has 0 aromatic heterocycles. The highest BCUT2D eigenvalue weighted by molar-refractivity contribution is 6.45. The van der Waals surface area contributed by atoms with E-state index in [1.807, 2.05) is 0 Å². The molecule has 0 fully saturated rings. The molecule has 1 unspecified atom stereocenters. The Bertz CT molecular complexity index is 442. The van der Waals surface area contributed by atoms with Gasteiger partial charge in [0.25, 0.3) is 0 Å². The summed E-state index contributed by atoms with van der Waals surface area (Å²) in [7, 11) is -0.678. The maximum absolute atomic E-state index is 12.1. The van der Waals surface area contributed by atoms with Crippen LogP contribution < -0.4 is 5.23 Å². The zero-order chi connectivity index (χ0) is 14.5. The van der Waals surface area contributed by atoms with Gasteiger partial charge in [-0.3, -0.25) is 0 Å². The summed E-state index contributed by atoms with van der Waals surface area (Å²) in [4.78, 5) is 0. The minimum Gasteiger partial charge on any atom is -0.437 e. The molecule has 4 nitrogen and oxygen atoms in total. The van der Waals surface area contributed by atoms with E-state index in [1.165, 1.54) is 6.07 Å². The van der Waals surface area contributed by atoms with E-state index >= 15 is 0 Å². The number of hydrogen-bond acceptors (Lipinski definition) is 4. The number of alkyl halides is 4. The van der Waals surface area contributed by atoms with Crippen LogP contribution in [0.3, 0.4) is 0 Å². The Balaban J connectivity index is 2.69. The third-order valence-electron chi connectivity index (χ3n) is 2.06. The van der Waals surface area contributed by atoms with Gasteiger partial charge < -0.3 is 10.3 Å². The largest absolute Gasteiger partial charge is 0.437 e. The van der Waals surface area contributed by atoms with E-state index in [4.69, 9.17) is 16.6 Å². The van der Waals surface area contributed by atoms with E-state index in [0.29, 0.717) is 6.54 Å². The van der Waals surface area contributed by atoms with Crippen LogP contribution in [0.2, 0.25) is 6.82 Å². The first-order valence-corrected chi connectivity index (χ1v) is 5.84. The van der Waals surface area contributed by atoms with E-state index in [9.17, 15) is 13.2 Å². The molecule has 1 rings (SSSR count). The maximum atomic E-state index is 12.1. The van der Waals surface area contributed by atoms with Crippen LogP contribution in [0.1, 0.15) is 5.56 Å². The summed E-state index contributed by atoms with van der Waals surface area (Å²) in [6.07, 6.45) is -4.61. The van der Waals surface area contributed by atoms with Gasteiger partial charge in [-0.05, 0) is 24.5 Å². The molecule has 1 atom stereocenters. The van der Waals surface area contributed by atoms with Gasteiger partial charge in [-0.15, -0.1) is 0 Å². The summed E-state index contributed by atoms with van der Waals surface area (Å²) < 4.78 is 36.4. The fraction of sp³-hybridized carbons (Fsp3) is 0.400. The van der Waals surface area contributed by atoms with Crippen molar-refractivity contribution in [3.8, 4) is 0 Å². The maximum Gasteiger partial charge on any atom is 0.426 e. The highest BCUT2D eigenvalue weighted by Gasteiger charge is 2.38. The molecule has 1 aromatic carbocycles. The molecule has 0 radical (unpaired) electrons. The van der Waals surface area contributed by atoms with Crippen molar-refractivity contribution in [2.24, 2.45) is 10.2 Å². The van der Waals surface area contributed by atoms with E-state index in [1.54, 1.807) is 25.0 Å².